The van der Waals surface area contributed by atoms with Gasteiger partial charge in [0.05, 0.1) is 12.2 Å². The monoisotopic (exact) mass is 451 g/mol. The Morgan fingerprint density at radius 3 is 2.85 bits per heavy atom. The zero-order valence-electron chi connectivity index (χ0n) is 11.6. The Hall–Kier alpha value is -0.830. The summed E-state index contributed by atoms with van der Waals surface area (Å²) in [7, 11) is 1.77. The van der Waals surface area contributed by atoms with Crippen LogP contribution in [0.5, 0.6) is 0 Å². The number of nitrogens with zero attached hydrogens (tertiary/aromatic N) is 3. The standard InChI is InChI=1S/C13H18BrN5.HI/c1-3-6-16-13(15-2)17-7-11-9-19-8-10(14)4-5-12(19)18-11;/h4-5,8-9H,3,6-7H2,1-2H3,(H2,15,16,17);1H. The molecule has 0 aliphatic rings. The molecule has 0 aliphatic heterocycles. The quantitative estimate of drug-likeness (QED) is 0.427. The second kappa shape index (κ2) is 8.46. The van der Waals surface area contributed by atoms with Crippen molar-refractivity contribution in [2.75, 3.05) is 13.6 Å². The summed E-state index contributed by atoms with van der Waals surface area (Å²) in [5, 5.41) is 6.48. The summed E-state index contributed by atoms with van der Waals surface area (Å²) >= 11 is 3.45. The SMILES string of the molecule is CCCNC(=NC)NCc1cn2cc(Br)ccc2n1.I. The van der Waals surface area contributed by atoms with Crippen molar-refractivity contribution in [2.45, 2.75) is 19.9 Å². The Morgan fingerprint density at radius 2 is 2.15 bits per heavy atom. The van der Waals surface area contributed by atoms with Gasteiger partial charge >= 0.3 is 0 Å². The van der Waals surface area contributed by atoms with E-state index in [1.54, 1.807) is 7.05 Å². The zero-order valence-corrected chi connectivity index (χ0v) is 15.5. The average molecular weight is 452 g/mol. The molecule has 7 heteroatoms. The highest BCUT2D eigenvalue weighted by Crippen LogP contribution is 2.12. The third-order valence-corrected chi connectivity index (χ3v) is 3.14. The van der Waals surface area contributed by atoms with E-state index < -0.39 is 0 Å². The van der Waals surface area contributed by atoms with E-state index in [0.717, 1.165) is 34.7 Å². The van der Waals surface area contributed by atoms with Crippen molar-refractivity contribution >= 4 is 51.5 Å². The van der Waals surface area contributed by atoms with Crippen molar-refractivity contribution in [3.05, 3.63) is 34.7 Å². The molecule has 0 amide bonds. The third-order valence-electron chi connectivity index (χ3n) is 2.67. The zero-order chi connectivity index (χ0) is 13.7. The van der Waals surface area contributed by atoms with E-state index in [1.165, 1.54) is 0 Å². The Bertz CT molecular complexity index is 581. The molecule has 20 heavy (non-hydrogen) atoms. The van der Waals surface area contributed by atoms with E-state index in [0.29, 0.717) is 6.54 Å². The molecular formula is C13H19BrIN5. The molecule has 0 aromatic carbocycles. The molecule has 0 spiro atoms. The molecule has 2 heterocycles. The molecule has 5 nitrogen and oxygen atoms in total. The number of rotatable bonds is 4. The van der Waals surface area contributed by atoms with E-state index in [2.05, 4.69) is 43.5 Å². The number of nitrogens with one attached hydrogen (secondary N) is 2. The molecule has 2 aromatic heterocycles. The molecule has 0 saturated carbocycles. The number of hydrogen-bond donors (Lipinski definition) is 2. The molecule has 0 radical (unpaired) electrons. The van der Waals surface area contributed by atoms with Gasteiger partial charge < -0.3 is 15.0 Å². The predicted octanol–water partition coefficient (Wildman–Crippen LogP) is 2.79. The van der Waals surface area contributed by atoms with Crippen molar-refractivity contribution in [3.8, 4) is 0 Å². The number of aliphatic imine (C=N–C) groups is 1. The van der Waals surface area contributed by atoms with E-state index in [-0.39, 0.29) is 24.0 Å². The van der Waals surface area contributed by atoms with Gasteiger partial charge in [-0.15, -0.1) is 24.0 Å². The smallest absolute Gasteiger partial charge is 0.191 e. The molecule has 2 rings (SSSR count). The van der Waals surface area contributed by atoms with Crippen molar-refractivity contribution in [2.24, 2.45) is 4.99 Å². The fraction of sp³-hybridized carbons (Fsp3) is 0.385. The van der Waals surface area contributed by atoms with E-state index in [1.807, 2.05) is 28.9 Å². The molecule has 0 bridgehead atoms. The van der Waals surface area contributed by atoms with Gasteiger partial charge in [-0.2, -0.15) is 0 Å². The Balaban J connectivity index is 0.00000200. The van der Waals surface area contributed by atoms with Crippen LogP contribution >= 0.6 is 39.9 Å². The topological polar surface area (TPSA) is 53.7 Å². The van der Waals surface area contributed by atoms with E-state index in [9.17, 15) is 0 Å². The predicted molar refractivity (Wildman–Crippen MR) is 96.8 cm³/mol. The normalized spacial score (nSPS) is 11.2. The first-order valence-corrected chi connectivity index (χ1v) is 7.10. The number of halogens is 2. The average Bonchev–Trinajstić information content (AvgIpc) is 2.81. The molecule has 110 valence electrons. The number of hydrogen-bond acceptors (Lipinski definition) is 2. The maximum absolute atomic E-state index is 4.54. The van der Waals surface area contributed by atoms with Gasteiger partial charge in [-0.05, 0) is 34.5 Å². The lowest BCUT2D eigenvalue weighted by molar-refractivity contribution is 0.775. The minimum absolute atomic E-state index is 0. The maximum atomic E-state index is 4.54. The Morgan fingerprint density at radius 1 is 1.35 bits per heavy atom. The largest absolute Gasteiger partial charge is 0.356 e. The van der Waals surface area contributed by atoms with Crippen LogP contribution in [-0.4, -0.2) is 28.9 Å². The number of guanidine groups is 1. The van der Waals surface area contributed by atoms with Crippen LogP contribution in [0.15, 0.2) is 34.0 Å². The highest BCUT2D eigenvalue weighted by Gasteiger charge is 2.03. The molecule has 2 N–H and O–H groups in total. The minimum Gasteiger partial charge on any atom is -0.356 e. The van der Waals surface area contributed by atoms with Gasteiger partial charge in [0.15, 0.2) is 5.96 Å². The van der Waals surface area contributed by atoms with Crippen LogP contribution < -0.4 is 10.6 Å². The second-order valence-electron chi connectivity index (χ2n) is 4.20. The molecule has 0 atom stereocenters. The molecular weight excluding hydrogens is 433 g/mol. The summed E-state index contributed by atoms with van der Waals surface area (Å²) in [6.07, 6.45) is 5.08. The summed E-state index contributed by atoms with van der Waals surface area (Å²) in [6, 6.07) is 3.97. The number of pyridine rings is 1. The molecule has 0 aliphatic carbocycles. The number of aromatic nitrogens is 2. The Kier molecular flexibility index (Phi) is 7.28. The Labute approximate surface area is 144 Å². The molecule has 0 unspecified atom stereocenters. The van der Waals surface area contributed by atoms with Gasteiger partial charge in [0.25, 0.3) is 0 Å². The van der Waals surface area contributed by atoms with Crippen molar-refractivity contribution in [1.82, 2.24) is 20.0 Å². The first kappa shape index (κ1) is 17.2. The van der Waals surface area contributed by atoms with Crippen molar-refractivity contribution < 1.29 is 0 Å². The van der Waals surface area contributed by atoms with Crippen LogP contribution in [0.25, 0.3) is 5.65 Å². The van der Waals surface area contributed by atoms with Crippen molar-refractivity contribution in [1.29, 1.82) is 0 Å². The van der Waals surface area contributed by atoms with Crippen LogP contribution in [0, 0.1) is 0 Å². The second-order valence-corrected chi connectivity index (χ2v) is 5.11. The van der Waals surface area contributed by atoms with Gasteiger partial charge in [0, 0.05) is 30.5 Å². The maximum Gasteiger partial charge on any atom is 0.191 e. The summed E-state index contributed by atoms with van der Waals surface area (Å²) in [6.45, 7) is 3.70. The van der Waals surface area contributed by atoms with Crippen LogP contribution in [-0.2, 0) is 6.54 Å². The van der Waals surface area contributed by atoms with Gasteiger partial charge in [0.1, 0.15) is 5.65 Å². The summed E-state index contributed by atoms with van der Waals surface area (Å²) < 4.78 is 3.04. The molecule has 2 aromatic rings. The van der Waals surface area contributed by atoms with Gasteiger partial charge in [-0.25, -0.2) is 4.98 Å². The first-order valence-electron chi connectivity index (χ1n) is 6.30. The first-order chi connectivity index (χ1) is 9.22. The highest BCUT2D eigenvalue weighted by molar-refractivity contribution is 14.0. The highest BCUT2D eigenvalue weighted by atomic mass is 127. The fourth-order valence-corrected chi connectivity index (χ4v) is 2.09. The lowest BCUT2D eigenvalue weighted by Gasteiger charge is -2.09. The fourth-order valence-electron chi connectivity index (χ4n) is 1.74. The van der Waals surface area contributed by atoms with Crippen LogP contribution in [0.4, 0.5) is 0 Å². The van der Waals surface area contributed by atoms with Gasteiger partial charge in [-0.1, -0.05) is 6.92 Å². The number of fused-ring (bicyclic) bond motifs is 1. The summed E-state index contributed by atoms with van der Waals surface area (Å²) in [5.74, 6) is 0.806. The van der Waals surface area contributed by atoms with Crippen LogP contribution in [0.3, 0.4) is 0 Å². The number of imidazole rings is 1. The summed E-state index contributed by atoms with van der Waals surface area (Å²) in [4.78, 5) is 8.70. The third kappa shape index (κ3) is 4.62. The van der Waals surface area contributed by atoms with E-state index in [4.69, 9.17) is 0 Å². The van der Waals surface area contributed by atoms with E-state index >= 15 is 0 Å². The minimum atomic E-state index is 0. The van der Waals surface area contributed by atoms with Crippen molar-refractivity contribution in [3.63, 3.8) is 0 Å². The lowest BCUT2D eigenvalue weighted by atomic mass is 10.4. The van der Waals surface area contributed by atoms with Gasteiger partial charge in [-0.3, -0.25) is 4.99 Å². The molecule has 0 saturated heterocycles. The van der Waals surface area contributed by atoms with Crippen LogP contribution in [0.1, 0.15) is 19.0 Å². The molecule has 0 fully saturated rings. The van der Waals surface area contributed by atoms with Gasteiger partial charge in [0.2, 0.25) is 0 Å². The van der Waals surface area contributed by atoms with Crippen LogP contribution in [0.2, 0.25) is 0 Å². The lowest BCUT2D eigenvalue weighted by Crippen LogP contribution is -2.37. The summed E-state index contributed by atoms with van der Waals surface area (Å²) in [5.41, 5.74) is 1.93.